The molecule has 1 N–H and O–H groups in total. The summed E-state index contributed by atoms with van der Waals surface area (Å²) in [5.74, 6) is -0.372. The van der Waals surface area contributed by atoms with E-state index < -0.39 is 0 Å². The number of aromatic nitrogens is 2. The van der Waals surface area contributed by atoms with Gasteiger partial charge in [0.25, 0.3) is 0 Å². The molecule has 0 aliphatic rings. The Balaban J connectivity index is 2.24. The average Bonchev–Trinajstić information content (AvgIpc) is 2.85. The van der Waals surface area contributed by atoms with E-state index in [4.69, 9.17) is 11.6 Å². The lowest BCUT2D eigenvalue weighted by Crippen LogP contribution is -2.26. The molecule has 0 radical (unpaired) electrons. The van der Waals surface area contributed by atoms with Crippen molar-refractivity contribution in [3.05, 3.63) is 52.6 Å². The molecule has 0 fully saturated rings. The molecule has 0 saturated heterocycles. The maximum absolute atomic E-state index is 13.5. The Hall–Kier alpha value is -1.39. The Morgan fingerprint density at radius 3 is 2.85 bits per heavy atom. The summed E-state index contributed by atoms with van der Waals surface area (Å²) in [4.78, 5) is 0. The van der Waals surface area contributed by atoms with Crippen molar-refractivity contribution in [1.82, 2.24) is 15.1 Å². The Labute approximate surface area is 123 Å². The lowest BCUT2D eigenvalue weighted by atomic mass is 10.0. The first-order valence-electron chi connectivity index (χ1n) is 6.77. The van der Waals surface area contributed by atoms with Gasteiger partial charge in [-0.3, -0.25) is 4.68 Å². The quantitative estimate of drug-likeness (QED) is 0.884. The van der Waals surface area contributed by atoms with Crippen LogP contribution in [0.1, 0.15) is 30.6 Å². The highest BCUT2D eigenvalue weighted by Crippen LogP contribution is 2.25. The van der Waals surface area contributed by atoms with Crippen LogP contribution in [-0.2, 0) is 13.5 Å². The zero-order valence-corrected chi connectivity index (χ0v) is 12.5. The first kappa shape index (κ1) is 15.0. The third-order valence-electron chi connectivity index (χ3n) is 3.31. The largest absolute Gasteiger partial charge is 0.308 e. The number of halogens is 2. The summed E-state index contributed by atoms with van der Waals surface area (Å²) in [5.41, 5.74) is 1.88. The van der Waals surface area contributed by atoms with Gasteiger partial charge in [0.05, 0.1) is 16.8 Å². The van der Waals surface area contributed by atoms with Crippen LogP contribution in [-0.4, -0.2) is 16.3 Å². The third-order valence-corrected chi connectivity index (χ3v) is 3.74. The molecule has 20 heavy (non-hydrogen) atoms. The van der Waals surface area contributed by atoms with E-state index in [9.17, 15) is 4.39 Å². The zero-order chi connectivity index (χ0) is 14.5. The first-order chi connectivity index (χ1) is 9.63. The lowest BCUT2D eigenvalue weighted by molar-refractivity contribution is 0.492. The maximum Gasteiger partial charge on any atom is 0.142 e. The van der Waals surface area contributed by atoms with Gasteiger partial charge in [-0.05, 0) is 37.1 Å². The summed E-state index contributed by atoms with van der Waals surface area (Å²) in [6, 6.07) is 6.98. The maximum atomic E-state index is 13.5. The standard InChI is InChI=1S/C15H19ClFN3/c1-3-8-18-13(14-7-9-19-20(14)2)10-11-5-4-6-12(17)15(11)16/h4-7,9,13,18H,3,8,10H2,1-2H3. The molecular weight excluding hydrogens is 277 g/mol. The van der Waals surface area contributed by atoms with Gasteiger partial charge in [0.2, 0.25) is 0 Å². The van der Waals surface area contributed by atoms with E-state index in [1.165, 1.54) is 6.07 Å². The molecule has 1 aromatic carbocycles. The predicted octanol–water partition coefficient (Wildman–Crippen LogP) is 3.50. The van der Waals surface area contributed by atoms with Gasteiger partial charge in [-0.2, -0.15) is 5.10 Å². The molecule has 0 amide bonds. The average molecular weight is 296 g/mol. The minimum Gasteiger partial charge on any atom is -0.308 e. The summed E-state index contributed by atoms with van der Waals surface area (Å²) < 4.78 is 15.4. The van der Waals surface area contributed by atoms with Crippen LogP contribution in [0.25, 0.3) is 0 Å². The first-order valence-corrected chi connectivity index (χ1v) is 7.15. The molecular formula is C15H19ClFN3. The summed E-state index contributed by atoms with van der Waals surface area (Å²) in [5, 5.41) is 7.87. The van der Waals surface area contributed by atoms with Crippen LogP contribution in [0.15, 0.2) is 30.5 Å². The lowest BCUT2D eigenvalue weighted by Gasteiger charge is -2.19. The summed E-state index contributed by atoms with van der Waals surface area (Å²) in [6.45, 7) is 3.01. The zero-order valence-electron chi connectivity index (χ0n) is 11.7. The molecule has 0 bridgehead atoms. The monoisotopic (exact) mass is 295 g/mol. The number of rotatable bonds is 6. The second kappa shape index (κ2) is 6.86. The molecule has 3 nitrogen and oxygen atoms in total. The molecule has 2 rings (SSSR count). The van der Waals surface area contributed by atoms with E-state index >= 15 is 0 Å². The highest BCUT2D eigenvalue weighted by atomic mass is 35.5. The van der Waals surface area contributed by atoms with E-state index in [0.29, 0.717) is 6.42 Å². The SMILES string of the molecule is CCCNC(Cc1cccc(F)c1Cl)c1ccnn1C. The van der Waals surface area contributed by atoms with Gasteiger partial charge in [0, 0.05) is 13.2 Å². The van der Waals surface area contributed by atoms with Crippen LogP contribution in [0.4, 0.5) is 4.39 Å². The smallest absolute Gasteiger partial charge is 0.142 e. The molecule has 2 aromatic rings. The number of aryl methyl sites for hydroxylation is 1. The van der Waals surface area contributed by atoms with Gasteiger partial charge in [0.15, 0.2) is 0 Å². The van der Waals surface area contributed by atoms with Crippen molar-refractivity contribution in [2.45, 2.75) is 25.8 Å². The fourth-order valence-electron chi connectivity index (χ4n) is 2.25. The van der Waals surface area contributed by atoms with Gasteiger partial charge in [0.1, 0.15) is 5.82 Å². The molecule has 0 aliphatic carbocycles. The topological polar surface area (TPSA) is 29.9 Å². The summed E-state index contributed by atoms with van der Waals surface area (Å²) >= 11 is 6.05. The fourth-order valence-corrected chi connectivity index (χ4v) is 2.45. The fraction of sp³-hybridized carbons (Fsp3) is 0.400. The van der Waals surface area contributed by atoms with Crippen molar-refractivity contribution >= 4 is 11.6 Å². The molecule has 0 aliphatic heterocycles. The van der Waals surface area contributed by atoms with Crippen LogP contribution in [0.2, 0.25) is 5.02 Å². The Morgan fingerprint density at radius 2 is 2.20 bits per heavy atom. The number of hydrogen-bond donors (Lipinski definition) is 1. The van der Waals surface area contributed by atoms with Gasteiger partial charge < -0.3 is 5.32 Å². The van der Waals surface area contributed by atoms with E-state index in [2.05, 4.69) is 17.3 Å². The normalized spacial score (nSPS) is 12.6. The Morgan fingerprint density at radius 1 is 1.40 bits per heavy atom. The Bertz CT molecular complexity index is 568. The molecule has 108 valence electrons. The van der Waals surface area contributed by atoms with Crippen molar-refractivity contribution in [3.8, 4) is 0 Å². The second-order valence-electron chi connectivity index (χ2n) is 4.80. The highest BCUT2D eigenvalue weighted by molar-refractivity contribution is 6.31. The van der Waals surface area contributed by atoms with E-state index in [1.807, 2.05) is 23.9 Å². The van der Waals surface area contributed by atoms with E-state index in [1.54, 1.807) is 12.3 Å². The number of benzene rings is 1. The number of nitrogens with one attached hydrogen (secondary N) is 1. The molecule has 5 heteroatoms. The van der Waals surface area contributed by atoms with E-state index in [-0.39, 0.29) is 16.9 Å². The summed E-state index contributed by atoms with van der Waals surface area (Å²) in [6.07, 6.45) is 3.44. The van der Waals surface area contributed by atoms with Gasteiger partial charge in [-0.1, -0.05) is 30.7 Å². The molecule has 0 saturated carbocycles. The van der Waals surface area contributed by atoms with Gasteiger partial charge >= 0.3 is 0 Å². The molecule has 1 unspecified atom stereocenters. The van der Waals surface area contributed by atoms with Crippen LogP contribution in [0.5, 0.6) is 0 Å². The van der Waals surface area contributed by atoms with Crippen molar-refractivity contribution in [1.29, 1.82) is 0 Å². The third kappa shape index (κ3) is 3.38. The van der Waals surface area contributed by atoms with Gasteiger partial charge in [-0.25, -0.2) is 4.39 Å². The summed E-state index contributed by atoms with van der Waals surface area (Å²) in [7, 11) is 1.91. The molecule has 1 atom stereocenters. The Kier molecular flexibility index (Phi) is 5.15. The van der Waals surface area contributed by atoms with Crippen LogP contribution < -0.4 is 5.32 Å². The van der Waals surface area contributed by atoms with E-state index in [0.717, 1.165) is 24.2 Å². The van der Waals surface area contributed by atoms with Crippen LogP contribution in [0.3, 0.4) is 0 Å². The number of hydrogen-bond acceptors (Lipinski definition) is 2. The second-order valence-corrected chi connectivity index (χ2v) is 5.18. The highest BCUT2D eigenvalue weighted by Gasteiger charge is 2.17. The minimum atomic E-state index is -0.372. The van der Waals surface area contributed by atoms with Crippen LogP contribution >= 0.6 is 11.6 Å². The van der Waals surface area contributed by atoms with Crippen molar-refractivity contribution in [3.63, 3.8) is 0 Å². The van der Waals surface area contributed by atoms with Crippen LogP contribution in [0, 0.1) is 5.82 Å². The molecule has 0 spiro atoms. The molecule has 1 heterocycles. The van der Waals surface area contributed by atoms with Crippen molar-refractivity contribution in [2.24, 2.45) is 7.05 Å². The number of nitrogens with zero attached hydrogens (tertiary/aromatic N) is 2. The predicted molar refractivity (Wildman–Crippen MR) is 79.4 cm³/mol. The minimum absolute atomic E-state index is 0.0711. The van der Waals surface area contributed by atoms with Crippen molar-refractivity contribution < 1.29 is 4.39 Å². The van der Waals surface area contributed by atoms with Gasteiger partial charge in [-0.15, -0.1) is 0 Å². The van der Waals surface area contributed by atoms with Crippen molar-refractivity contribution in [2.75, 3.05) is 6.54 Å². The molecule has 1 aromatic heterocycles.